The lowest BCUT2D eigenvalue weighted by molar-refractivity contribution is 0.667. The number of hydrogen-bond donors (Lipinski definition) is 0. The highest BCUT2D eigenvalue weighted by molar-refractivity contribution is 6.08. The number of para-hydroxylation sites is 2. The summed E-state index contributed by atoms with van der Waals surface area (Å²) >= 11 is 0. The molecule has 290 valence electrons. The van der Waals surface area contributed by atoms with E-state index in [1.807, 2.05) is 72.8 Å². The van der Waals surface area contributed by atoms with Crippen molar-refractivity contribution < 1.29 is 8.83 Å². The molecule has 62 heavy (non-hydrogen) atoms. The molecule has 0 atom stereocenters. The second-order valence-corrected chi connectivity index (χ2v) is 15.4. The minimum absolute atomic E-state index is 0.649. The minimum atomic E-state index is 0.649. The predicted molar refractivity (Wildman–Crippen MR) is 250 cm³/mol. The maximum atomic E-state index is 6.35. The topological polar surface area (TPSA) is 77.8 Å². The second-order valence-electron chi connectivity index (χ2n) is 15.4. The predicted octanol–water partition coefficient (Wildman–Crippen LogP) is 14.7. The standard InChI is InChI=1S/C56H34N4O2/c1-3-15-35(16-4-1)49-53-51(45-27-7-9-29-47(45)61-53)59-55(57-49)43-25-13-23-41(33-43)39-21-11-19-37(31-39)38-20-12-22-40(32-38)42-24-14-26-44(34-42)56-58-50(36-17-5-2-6-18-36)54-52(60-56)46-28-8-10-30-48(46)62-54/h1-34H. The molecular weight excluding hydrogens is 761 g/mol. The number of fused-ring (bicyclic) bond motifs is 6. The Hall–Kier alpha value is -8.48. The van der Waals surface area contributed by atoms with Crippen molar-refractivity contribution in [2.24, 2.45) is 0 Å². The highest BCUT2D eigenvalue weighted by Gasteiger charge is 2.20. The van der Waals surface area contributed by atoms with Crippen LogP contribution >= 0.6 is 0 Å². The van der Waals surface area contributed by atoms with Gasteiger partial charge in [0.25, 0.3) is 0 Å². The van der Waals surface area contributed by atoms with E-state index in [1.54, 1.807) is 0 Å². The molecule has 12 aromatic rings. The Morgan fingerprint density at radius 1 is 0.258 bits per heavy atom. The van der Waals surface area contributed by atoms with Gasteiger partial charge >= 0.3 is 0 Å². The average molecular weight is 795 g/mol. The molecule has 4 aromatic heterocycles. The molecule has 0 radical (unpaired) electrons. The van der Waals surface area contributed by atoms with Gasteiger partial charge in [0.15, 0.2) is 22.8 Å². The summed E-state index contributed by atoms with van der Waals surface area (Å²) in [4.78, 5) is 20.5. The molecule has 6 heteroatoms. The number of rotatable bonds is 7. The molecule has 8 aromatic carbocycles. The van der Waals surface area contributed by atoms with E-state index in [4.69, 9.17) is 28.8 Å². The van der Waals surface area contributed by atoms with E-state index in [2.05, 4.69) is 133 Å². The fourth-order valence-corrected chi connectivity index (χ4v) is 8.46. The SMILES string of the molecule is c1ccc(-c2nc(-c3cccc(-c4cccc(-c5cccc(-c6cccc(-c7nc(-c8ccccc8)c8oc9ccccc9c8n7)c6)c5)c4)c3)nc3c2oc2ccccc23)cc1. The molecule has 0 saturated carbocycles. The van der Waals surface area contributed by atoms with Crippen molar-refractivity contribution in [1.82, 2.24) is 19.9 Å². The molecule has 12 rings (SSSR count). The van der Waals surface area contributed by atoms with Crippen LogP contribution in [-0.4, -0.2) is 19.9 Å². The summed E-state index contributed by atoms with van der Waals surface area (Å²) in [5, 5.41) is 1.94. The Kier molecular flexibility index (Phi) is 8.38. The van der Waals surface area contributed by atoms with Crippen molar-refractivity contribution in [2.75, 3.05) is 0 Å². The number of hydrogen-bond acceptors (Lipinski definition) is 6. The van der Waals surface area contributed by atoms with Gasteiger partial charge in [-0.05, 0) is 81.9 Å². The van der Waals surface area contributed by atoms with Crippen LogP contribution in [0.1, 0.15) is 0 Å². The molecule has 0 aliphatic carbocycles. The summed E-state index contributed by atoms with van der Waals surface area (Å²) in [5.41, 5.74) is 16.5. The molecule has 0 bridgehead atoms. The van der Waals surface area contributed by atoms with Crippen molar-refractivity contribution >= 4 is 44.1 Å². The molecule has 0 fully saturated rings. The Morgan fingerprint density at radius 2 is 0.565 bits per heavy atom. The Morgan fingerprint density at radius 3 is 0.952 bits per heavy atom. The van der Waals surface area contributed by atoms with E-state index in [0.717, 1.165) is 100.0 Å². The van der Waals surface area contributed by atoms with Gasteiger partial charge in [-0.3, -0.25) is 0 Å². The second kappa shape index (κ2) is 14.7. The zero-order chi connectivity index (χ0) is 41.0. The first-order valence-corrected chi connectivity index (χ1v) is 20.6. The smallest absolute Gasteiger partial charge is 0.180 e. The first kappa shape index (κ1) is 35.5. The van der Waals surface area contributed by atoms with Gasteiger partial charge in [-0.15, -0.1) is 0 Å². The van der Waals surface area contributed by atoms with Gasteiger partial charge in [0, 0.05) is 33.0 Å². The monoisotopic (exact) mass is 794 g/mol. The summed E-state index contributed by atoms with van der Waals surface area (Å²) in [6.45, 7) is 0. The maximum absolute atomic E-state index is 6.35. The van der Waals surface area contributed by atoms with Crippen molar-refractivity contribution in [3.63, 3.8) is 0 Å². The van der Waals surface area contributed by atoms with Gasteiger partial charge in [0.2, 0.25) is 0 Å². The Balaban J connectivity index is 0.896. The van der Waals surface area contributed by atoms with Crippen LogP contribution < -0.4 is 0 Å². The average Bonchev–Trinajstić information content (AvgIpc) is 3.93. The quantitative estimate of drug-likeness (QED) is 0.160. The summed E-state index contributed by atoms with van der Waals surface area (Å²) < 4.78 is 12.7. The number of benzene rings is 8. The summed E-state index contributed by atoms with van der Waals surface area (Å²) in [6, 6.07) is 70.7. The van der Waals surface area contributed by atoms with E-state index >= 15 is 0 Å². The minimum Gasteiger partial charge on any atom is -0.452 e. The van der Waals surface area contributed by atoms with Crippen LogP contribution in [0.3, 0.4) is 0 Å². The third-order valence-corrected chi connectivity index (χ3v) is 11.5. The number of furan rings is 2. The van der Waals surface area contributed by atoms with Crippen molar-refractivity contribution in [2.45, 2.75) is 0 Å². The van der Waals surface area contributed by atoms with Crippen LogP contribution in [0, 0.1) is 0 Å². The zero-order valence-corrected chi connectivity index (χ0v) is 33.2. The van der Waals surface area contributed by atoms with Gasteiger partial charge in [-0.25, -0.2) is 19.9 Å². The molecular formula is C56H34N4O2. The Bertz CT molecular complexity index is 3410. The molecule has 0 amide bonds. The van der Waals surface area contributed by atoms with Crippen LogP contribution in [0.5, 0.6) is 0 Å². The van der Waals surface area contributed by atoms with Crippen molar-refractivity contribution in [1.29, 1.82) is 0 Å². The third kappa shape index (κ3) is 6.21. The zero-order valence-electron chi connectivity index (χ0n) is 33.2. The van der Waals surface area contributed by atoms with Crippen LogP contribution in [0.2, 0.25) is 0 Å². The highest BCUT2D eigenvalue weighted by atomic mass is 16.3. The molecule has 6 nitrogen and oxygen atoms in total. The van der Waals surface area contributed by atoms with E-state index in [0.29, 0.717) is 22.8 Å². The summed E-state index contributed by atoms with van der Waals surface area (Å²) in [7, 11) is 0. The van der Waals surface area contributed by atoms with Crippen LogP contribution in [0.4, 0.5) is 0 Å². The van der Waals surface area contributed by atoms with Crippen LogP contribution in [0.25, 0.3) is 123 Å². The summed E-state index contributed by atoms with van der Waals surface area (Å²) in [6.07, 6.45) is 0. The van der Waals surface area contributed by atoms with E-state index in [1.165, 1.54) is 0 Å². The van der Waals surface area contributed by atoms with Crippen molar-refractivity contribution in [3.8, 4) is 78.7 Å². The van der Waals surface area contributed by atoms with E-state index in [9.17, 15) is 0 Å². The fraction of sp³-hybridized carbons (Fsp3) is 0. The van der Waals surface area contributed by atoms with Crippen LogP contribution in [-0.2, 0) is 0 Å². The van der Waals surface area contributed by atoms with Gasteiger partial charge in [-0.2, -0.15) is 0 Å². The van der Waals surface area contributed by atoms with Gasteiger partial charge in [0.05, 0.1) is 0 Å². The molecule has 0 aliphatic heterocycles. The van der Waals surface area contributed by atoms with E-state index in [-0.39, 0.29) is 0 Å². The largest absolute Gasteiger partial charge is 0.452 e. The van der Waals surface area contributed by atoms with Crippen LogP contribution in [0.15, 0.2) is 215 Å². The number of aromatic nitrogens is 4. The van der Waals surface area contributed by atoms with Gasteiger partial charge in [-0.1, -0.05) is 158 Å². The van der Waals surface area contributed by atoms with Gasteiger partial charge in [0.1, 0.15) is 33.6 Å². The molecule has 0 aliphatic rings. The van der Waals surface area contributed by atoms with Crippen molar-refractivity contribution in [3.05, 3.63) is 206 Å². The summed E-state index contributed by atoms with van der Waals surface area (Å²) in [5.74, 6) is 1.30. The first-order valence-electron chi connectivity index (χ1n) is 20.6. The first-order chi connectivity index (χ1) is 30.7. The maximum Gasteiger partial charge on any atom is 0.180 e. The normalized spacial score (nSPS) is 11.5. The lowest BCUT2D eigenvalue weighted by Crippen LogP contribution is -1.94. The molecule has 4 heterocycles. The van der Waals surface area contributed by atoms with E-state index < -0.39 is 0 Å². The molecule has 0 spiro atoms. The highest BCUT2D eigenvalue weighted by Crippen LogP contribution is 2.39. The third-order valence-electron chi connectivity index (χ3n) is 11.5. The number of nitrogens with zero attached hydrogens (tertiary/aromatic N) is 4. The van der Waals surface area contributed by atoms with Gasteiger partial charge < -0.3 is 8.83 Å². The fourth-order valence-electron chi connectivity index (χ4n) is 8.46. The molecule has 0 unspecified atom stereocenters. The molecule has 0 saturated heterocycles. The lowest BCUT2D eigenvalue weighted by Gasteiger charge is -2.11. The lowest BCUT2D eigenvalue weighted by atomic mass is 9.95. The molecule has 0 N–H and O–H groups in total. The Labute approximate surface area is 356 Å².